The van der Waals surface area contributed by atoms with Crippen molar-refractivity contribution in [2.45, 2.75) is 44.9 Å². The summed E-state index contributed by atoms with van der Waals surface area (Å²) in [6, 6.07) is 19.1. The van der Waals surface area contributed by atoms with Crippen LogP contribution in [0.5, 0.6) is 0 Å². The highest BCUT2D eigenvalue weighted by Gasteiger charge is 2.27. The number of nitrogens with zero attached hydrogens (tertiary/aromatic N) is 1. The van der Waals surface area contributed by atoms with Gasteiger partial charge in [0.05, 0.1) is 12.5 Å². The first-order valence-electron chi connectivity index (χ1n) is 9.13. The lowest BCUT2D eigenvalue weighted by molar-refractivity contribution is -0.160. The van der Waals surface area contributed by atoms with Crippen LogP contribution in [0.3, 0.4) is 0 Å². The van der Waals surface area contributed by atoms with E-state index in [-0.39, 0.29) is 18.5 Å². The number of hydrogen-bond donors (Lipinski definition) is 1. The van der Waals surface area contributed by atoms with Crippen LogP contribution >= 0.6 is 0 Å². The van der Waals surface area contributed by atoms with E-state index in [0.29, 0.717) is 12.8 Å². The number of aliphatic hydroxyl groups is 1. The van der Waals surface area contributed by atoms with Gasteiger partial charge in [-0.1, -0.05) is 36.4 Å². The van der Waals surface area contributed by atoms with Crippen molar-refractivity contribution in [2.24, 2.45) is 0 Å². The Bertz CT molecular complexity index is 943. The maximum atomic E-state index is 11.5. The molecular formula is C22H23NO3. The second-order valence-electron chi connectivity index (χ2n) is 7.07. The highest BCUT2D eigenvalue weighted by atomic mass is 16.5. The lowest BCUT2D eigenvalue weighted by Gasteiger charge is -2.26. The van der Waals surface area contributed by atoms with Gasteiger partial charge in [0, 0.05) is 30.8 Å². The van der Waals surface area contributed by atoms with Crippen molar-refractivity contribution < 1.29 is 14.6 Å². The summed E-state index contributed by atoms with van der Waals surface area (Å²) in [5, 5.41) is 12.2. The molecule has 0 amide bonds. The quantitative estimate of drug-likeness (QED) is 0.722. The minimum absolute atomic E-state index is 0.112. The Labute approximate surface area is 153 Å². The highest BCUT2D eigenvalue weighted by Crippen LogP contribution is 2.27. The Morgan fingerprint density at radius 2 is 1.92 bits per heavy atom. The SMILES string of the molecule is Cc1ccc(-c2ccc3ccccc3c2)n1CCC1CC(O)CC(=O)O1. The molecule has 4 rings (SSSR count). The summed E-state index contributed by atoms with van der Waals surface area (Å²) in [6.45, 7) is 2.85. The van der Waals surface area contributed by atoms with E-state index in [4.69, 9.17) is 4.74 Å². The molecule has 1 fully saturated rings. The molecule has 3 aromatic rings. The fraction of sp³-hybridized carbons (Fsp3) is 0.318. The average Bonchev–Trinajstić information content (AvgIpc) is 2.99. The van der Waals surface area contributed by atoms with E-state index >= 15 is 0 Å². The Morgan fingerprint density at radius 1 is 1.12 bits per heavy atom. The predicted octanol–water partition coefficient (Wildman–Crippen LogP) is 4.07. The molecule has 0 spiro atoms. The first kappa shape index (κ1) is 16.9. The molecule has 2 heterocycles. The van der Waals surface area contributed by atoms with Crippen LogP contribution in [0.2, 0.25) is 0 Å². The molecule has 1 aromatic heterocycles. The number of ether oxygens (including phenoxy) is 1. The number of aromatic nitrogens is 1. The minimum atomic E-state index is -0.577. The highest BCUT2D eigenvalue weighted by molar-refractivity contribution is 5.86. The third-order valence-corrected chi connectivity index (χ3v) is 5.15. The number of hydrogen-bond acceptors (Lipinski definition) is 3. The number of rotatable bonds is 4. The normalized spacial score (nSPS) is 20.3. The second kappa shape index (κ2) is 6.96. The van der Waals surface area contributed by atoms with Crippen LogP contribution in [0, 0.1) is 6.92 Å². The minimum Gasteiger partial charge on any atom is -0.462 e. The van der Waals surface area contributed by atoms with Crippen molar-refractivity contribution in [3.8, 4) is 11.3 Å². The predicted molar refractivity (Wildman–Crippen MR) is 102 cm³/mol. The molecule has 2 atom stereocenters. The van der Waals surface area contributed by atoms with Crippen molar-refractivity contribution in [1.29, 1.82) is 0 Å². The van der Waals surface area contributed by atoms with E-state index in [0.717, 1.165) is 12.2 Å². The summed E-state index contributed by atoms with van der Waals surface area (Å²) in [5.74, 6) is -0.298. The lowest BCUT2D eigenvalue weighted by atomic mass is 10.0. The molecule has 26 heavy (non-hydrogen) atoms. The maximum absolute atomic E-state index is 11.5. The zero-order chi connectivity index (χ0) is 18.1. The van der Waals surface area contributed by atoms with Crippen LogP contribution < -0.4 is 0 Å². The molecule has 4 nitrogen and oxygen atoms in total. The molecule has 1 saturated heterocycles. The molecule has 2 aromatic carbocycles. The van der Waals surface area contributed by atoms with Gasteiger partial charge in [-0.25, -0.2) is 0 Å². The van der Waals surface area contributed by atoms with Crippen molar-refractivity contribution in [3.05, 3.63) is 60.3 Å². The molecule has 0 aliphatic carbocycles. The van der Waals surface area contributed by atoms with Crippen molar-refractivity contribution in [1.82, 2.24) is 4.57 Å². The van der Waals surface area contributed by atoms with E-state index in [9.17, 15) is 9.90 Å². The first-order chi connectivity index (χ1) is 12.6. The van der Waals surface area contributed by atoms with Gasteiger partial charge in [-0.05, 0) is 41.5 Å². The van der Waals surface area contributed by atoms with Gasteiger partial charge in [-0.2, -0.15) is 0 Å². The molecule has 1 aliphatic heterocycles. The monoisotopic (exact) mass is 349 g/mol. The van der Waals surface area contributed by atoms with Crippen LogP contribution in [-0.4, -0.2) is 27.9 Å². The second-order valence-corrected chi connectivity index (χ2v) is 7.07. The number of fused-ring (bicyclic) bond motifs is 1. The molecule has 0 radical (unpaired) electrons. The molecule has 1 aliphatic rings. The Balaban J connectivity index is 1.57. The van der Waals surface area contributed by atoms with E-state index in [1.54, 1.807) is 0 Å². The van der Waals surface area contributed by atoms with Gasteiger partial charge >= 0.3 is 5.97 Å². The summed E-state index contributed by atoms with van der Waals surface area (Å²) in [7, 11) is 0. The number of carbonyl (C=O) groups is 1. The lowest BCUT2D eigenvalue weighted by Crippen LogP contribution is -2.33. The fourth-order valence-corrected chi connectivity index (χ4v) is 3.78. The van der Waals surface area contributed by atoms with Crippen LogP contribution in [0.4, 0.5) is 0 Å². The van der Waals surface area contributed by atoms with E-state index < -0.39 is 6.10 Å². The number of carbonyl (C=O) groups excluding carboxylic acids is 1. The van der Waals surface area contributed by atoms with E-state index in [2.05, 4.69) is 66.1 Å². The number of aryl methyl sites for hydroxylation is 1. The third kappa shape index (κ3) is 3.37. The Kier molecular flexibility index (Phi) is 4.51. The smallest absolute Gasteiger partial charge is 0.308 e. The number of benzene rings is 2. The third-order valence-electron chi connectivity index (χ3n) is 5.15. The molecule has 4 heteroatoms. The summed E-state index contributed by atoms with van der Waals surface area (Å²) in [4.78, 5) is 11.5. The number of aliphatic hydroxyl groups excluding tert-OH is 1. The van der Waals surface area contributed by atoms with E-state index in [1.165, 1.54) is 22.0 Å². The molecule has 2 unspecified atom stereocenters. The Morgan fingerprint density at radius 3 is 2.73 bits per heavy atom. The van der Waals surface area contributed by atoms with Crippen LogP contribution in [-0.2, 0) is 16.1 Å². The van der Waals surface area contributed by atoms with Gasteiger partial charge in [-0.3, -0.25) is 4.79 Å². The zero-order valence-electron chi connectivity index (χ0n) is 14.9. The largest absolute Gasteiger partial charge is 0.462 e. The molecular weight excluding hydrogens is 326 g/mol. The van der Waals surface area contributed by atoms with Gasteiger partial charge in [0.1, 0.15) is 6.10 Å². The molecule has 0 saturated carbocycles. The molecule has 1 N–H and O–H groups in total. The van der Waals surface area contributed by atoms with Gasteiger partial charge in [0.15, 0.2) is 0 Å². The summed E-state index contributed by atoms with van der Waals surface area (Å²) in [5.41, 5.74) is 3.52. The van der Waals surface area contributed by atoms with E-state index in [1.807, 2.05) is 0 Å². The zero-order valence-corrected chi connectivity index (χ0v) is 14.9. The first-order valence-corrected chi connectivity index (χ1v) is 9.13. The maximum Gasteiger partial charge on any atom is 0.308 e. The summed E-state index contributed by atoms with van der Waals surface area (Å²) >= 11 is 0. The van der Waals surface area contributed by atoms with Gasteiger partial charge < -0.3 is 14.4 Å². The summed E-state index contributed by atoms with van der Waals surface area (Å²) < 4.78 is 7.65. The van der Waals surface area contributed by atoms with Crippen molar-refractivity contribution in [2.75, 3.05) is 0 Å². The average molecular weight is 349 g/mol. The molecule has 134 valence electrons. The standard InChI is InChI=1S/C22H23NO3/c1-15-6-9-21(18-8-7-16-4-2-3-5-17(16)12-18)23(15)11-10-20-13-19(24)14-22(25)26-20/h2-9,12,19-20,24H,10-11,13-14H2,1H3. The van der Waals surface area contributed by atoms with Crippen LogP contribution in [0.1, 0.15) is 25.0 Å². The van der Waals surface area contributed by atoms with Gasteiger partial charge in [0.2, 0.25) is 0 Å². The van der Waals surface area contributed by atoms with Crippen molar-refractivity contribution >= 4 is 16.7 Å². The topological polar surface area (TPSA) is 51.5 Å². The van der Waals surface area contributed by atoms with Gasteiger partial charge in [0.25, 0.3) is 0 Å². The fourth-order valence-electron chi connectivity index (χ4n) is 3.78. The Hall–Kier alpha value is -2.59. The summed E-state index contributed by atoms with van der Waals surface area (Å²) in [6.07, 6.45) is 0.557. The number of cyclic esters (lactones) is 1. The number of esters is 1. The van der Waals surface area contributed by atoms with Crippen LogP contribution in [0.25, 0.3) is 22.0 Å². The molecule has 0 bridgehead atoms. The van der Waals surface area contributed by atoms with Gasteiger partial charge in [-0.15, -0.1) is 0 Å². The van der Waals surface area contributed by atoms with Crippen LogP contribution in [0.15, 0.2) is 54.6 Å². The van der Waals surface area contributed by atoms with Crippen molar-refractivity contribution in [3.63, 3.8) is 0 Å².